The highest BCUT2D eigenvalue weighted by atomic mass is 35.5. The Morgan fingerprint density at radius 2 is 1.45 bits per heavy atom. The van der Waals surface area contributed by atoms with Gasteiger partial charge in [0.1, 0.15) is 0 Å². The molecule has 0 radical (unpaired) electrons. The number of imide groups is 1. The standard InChI is InChI=1S/C24H14Cl3NO5/c1-12-6-7-13(24(32)33-11-21(29)14-4-2-3-5-17(14)25)8-20(12)28-22(30)15-9-18(26)19(27)10-16(15)23(28)31/h2-10H,11H2,1H3. The van der Waals surface area contributed by atoms with Crippen molar-refractivity contribution in [2.45, 2.75) is 6.92 Å². The smallest absolute Gasteiger partial charge is 0.338 e. The number of Topliss-reactive ketones (excluding diaryl/α,β-unsaturated/α-hetero) is 1. The van der Waals surface area contributed by atoms with Crippen molar-refractivity contribution in [3.8, 4) is 0 Å². The molecule has 0 saturated heterocycles. The summed E-state index contributed by atoms with van der Waals surface area (Å²) in [7, 11) is 0. The van der Waals surface area contributed by atoms with Gasteiger partial charge in [0.15, 0.2) is 6.61 Å². The Balaban J connectivity index is 1.58. The maximum absolute atomic E-state index is 12.9. The first-order valence-corrected chi connectivity index (χ1v) is 10.8. The van der Waals surface area contributed by atoms with Gasteiger partial charge in [0.2, 0.25) is 5.78 Å². The number of ether oxygens (including phenoxy) is 1. The van der Waals surface area contributed by atoms with Crippen LogP contribution in [0.5, 0.6) is 0 Å². The Bertz CT molecular complexity index is 1310. The zero-order chi connectivity index (χ0) is 23.9. The van der Waals surface area contributed by atoms with Crippen LogP contribution in [-0.4, -0.2) is 30.2 Å². The van der Waals surface area contributed by atoms with Gasteiger partial charge in [-0.15, -0.1) is 0 Å². The molecule has 33 heavy (non-hydrogen) atoms. The summed E-state index contributed by atoms with van der Waals surface area (Å²) < 4.78 is 5.13. The van der Waals surface area contributed by atoms with Crippen molar-refractivity contribution >= 4 is 64.1 Å². The molecule has 9 heteroatoms. The number of hydrogen-bond donors (Lipinski definition) is 0. The Labute approximate surface area is 203 Å². The van der Waals surface area contributed by atoms with E-state index in [9.17, 15) is 19.2 Å². The first kappa shape index (κ1) is 23.0. The molecule has 2 amide bonds. The van der Waals surface area contributed by atoms with E-state index in [2.05, 4.69) is 0 Å². The number of fused-ring (bicyclic) bond motifs is 1. The maximum atomic E-state index is 12.9. The van der Waals surface area contributed by atoms with Crippen molar-refractivity contribution in [3.63, 3.8) is 0 Å². The van der Waals surface area contributed by atoms with Crippen LogP contribution in [0.4, 0.5) is 5.69 Å². The number of nitrogens with zero attached hydrogens (tertiary/aromatic N) is 1. The second-order valence-electron chi connectivity index (χ2n) is 7.24. The van der Waals surface area contributed by atoms with Gasteiger partial charge in [0, 0.05) is 5.56 Å². The normalized spacial score (nSPS) is 12.7. The number of rotatable bonds is 5. The summed E-state index contributed by atoms with van der Waals surface area (Å²) in [5.74, 6) is -2.43. The molecule has 0 atom stereocenters. The van der Waals surface area contributed by atoms with Crippen molar-refractivity contribution in [3.05, 3.63) is 97.5 Å². The van der Waals surface area contributed by atoms with Gasteiger partial charge < -0.3 is 4.74 Å². The summed E-state index contributed by atoms with van der Waals surface area (Å²) in [6.45, 7) is 1.17. The zero-order valence-corrected chi connectivity index (χ0v) is 19.3. The number of amides is 2. The molecular formula is C24H14Cl3NO5. The number of ketones is 1. The summed E-state index contributed by atoms with van der Waals surface area (Å²) in [6.07, 6.45) is 0. The lowest BCUT2D eigenvalue weighted by molar-refractivity contribution is 0.0474. The summed E-state index contributed by atoms with van der Waals surface area (Å²) in [6, 6.07) is 13.5. The Morgan fingerprint density at radius 3 is 2.06 bits per heavy atom. The molecule has 0 saturated carbocycles. The van der Waals surface area contributed by atoms with Gasteiger partial charge in [-0.25, -0.2) is 9.69 Å². The van der Waals surface area contributed by atoms with Crippen LogP contribution in [-0.2, 0) is 4.74 Å². The molecule has 0 unspecified atom stereocenters. The van der Waals surface area contributed by atoms with Crippen LogP contribution in [0.2, 0.25) is 15.1 Å². The topological polar surface area (TPSA) is 80.8 Å². The highest BCUT2D eigenvalue weighted by Gasteiger charge is 2.38. The lowest BCUT2D eigenvalue weighted by atomic mass is 10.1. The number of benzene rings is 3. The Morgan fingerprint density at radius 1 is 0.848 bits per heavy atom. The van der Waals surface area contributed by atoms with E-state index in [4.69, 9.17) is 39.5 Å². The number of aryl methyl sites for hydroxylation is 1. The van der Waals surface area contributed by atoms with Crippen LogP contribution >= 0.6 is 34.8 Å². The zero-order valence-electron chi connectivity index (χ0n) is 17.0. The molecule has 1 heterocycles. The molecule has 3 aromatic carbocycles. The van der Waals surface area contributed by atoms with Crippen LogP contribution in [0.3, 0.4) is 0 Å². The molecule has 0 N–H and O–H groups in total. The van der Waals surface area contributed by atoms with E-state index in [1.54, 1.807) is 31.2 Å². The lowest BCUT2D eigenvalue weighted by Crippen LogP contribution is -2.30. The van der Waals surface area contributed by atoms with Crippen LogP contribution in [0.1, 0.15) is 47.0 Å². The summed E-state index contributed by atoms with van der Waals surface area (Å²) in [5.41, 5.74) is 1.32. The molecule has 0 aliphatic carbocycles. The van der Waals surface area contributed by atoms with Gasteiger partial charge in [-0.2, -0.15) is 0 Å². The second kappa shape index (κ2) is 8.98. The van der Waals surface area contributed by atoms with E-state index in [0.717, 1.165) is 4.90 Å². The highest BCUT2D eigenvalue weighted by Crippen LogP contribution is 2.35. The van der Waals surface area contributed by atoms with E-state index in [1.807, 2.05) is 0 Å². The molecule has 0 bridgehead atoms. The minimum Gasteiger partial charge on any atom is -0.454 e. The molecule has 0 fully saturated rings. The molecule has 4 rings (SSSR count). The maximum Gasteiger partial charge on any atom is 0.338 e. The third kappa shape index (κ3) is 4.25. The third-order valence-corrected chi connectivity index (χ3v) is 6.17. The van der Waals surface area contributed by atoms with Gasteiger partial charge in [0.05, 0.1) is 37.4 Å². The third-order valence-electron chi connectivity index (χ3n) is 5.12. The summed E-state index contributed by atoms with van der Waals surface area (Å²) >= 11 is 18.0. The van der Waals surface area contributed by atoms with Crippen molar-refractivity contribution in [2.24, 2.45) is 0 Å². The quantitative estimate of drug-likeness (QED) is 0.250. The molecule has 166 valence electrons. The first-order chi connectivity index (χ1) is 15.7. The average molecular weight is 503 g/mol. The fourth-order valence-electron chi connectivity index (χ4n) is 3.41. The van der Waals surface area contributed by atoms with Gasteiger partial charge in [-0.1, -0.05) is 53.0 Å². The monoisotopic (exact) mass is 501 g/mol. The molecular weight excluding hydrogens is 489 g/mol. The van der Waals surface area contributed by atoms with Gasteiger partial charge in [-0.05, 0) is 48.9 Å². The van der Waals surface area contributed by atoms with Gasteiger partial charge in [0.25, 0.3) is 11.8 Å². The number of esters is 1. The average Bonchev–Trinajstić information content (AvgIpc) is 3.02. The largest absolute Gasteiger partial charge is 0.454 e. The number of hydrogen-bond acceptors (Lipinski definition) is 5. The minimum atomic E-state index is -0.792. The predicted molar refractivity (Wildman–Crippen MR) is 125 cm³/mol. The Hall–Kier alpha value is -3.19. The van der Waals surface area contributed by atoms with Crippen LogP contribution < -0.4 is 4.90 Å². The molecule has 0 aromatic heterocycles. The second-order valence-corrected chi connectivity index (χ2v) is 8.46. The Kier molecular flexibility index (Phi) is 6.26. The molecule has 1 aliphatic heterocycles. The van der Waals surface area contributed by atoms with E-state index < -0.39 is 30.2 Å². The fourth-order valence-corrected chi connectivity index (χ4v) is 3.98. The summed E-state index contributed by atoms with van der Waals surface area (Å²) in [5, 5.41) is 0.549. The minimum absolute atomic E-state index is 0.0650. The number of halogens is 3. The van der Waals surface area contributed by atoms with E-state index in [0.29, 0.717) is 5.56 Å². The molecule has 1 aliphatic rings. The van der Waals surface area contributed by atoms with Crippen LogP contribution in [0.15, 0.2) is 54.6 Å². The van der Waals surface area contributed by atoms with E-state index in [1.165, 1.54) is 30.3 Å². The van der Waals surface area contributed by atoms with Crippen LogP contribution in [0.25, 0.3) is 0 Å². The summed E-state index contributed by atoms with van der Waals surface area (Å²) in [4.78, 5) is 51.7. The van der Waals surface area contributed by atoms with Crippen molar-refractivity contribution in [1.29, 1.82) is 0 Å². The van der Waals surface area contributed by atoms with Gasteiger partial charge in [-0.3, -0.25) is 14.4 Å². The molecule has 6 nitrogen and oxygen atoms in total. The highest BCUT2D eigenvalue weighted by molar-refractivity contribution is 6.44. The molecule has 3 aromatic rings. The number of carbonyl (C=O) groups is 4. The van der Waals surface area contributed by atoms with Gasteiger partial charge >= 0.3 is 5.97 Å². The van der Waals surface area contributed by atoms with E-state index >= 15 is 0 Å². The molecule has 0 spiro atoms. The number of anilines is 1. The van der Waals surface area contributed by atoms with E-state index in [-0.39, 0.29) is 43.0 Å². The number of carbonyl (C=O) groups excluding carboxylic acids is 4. The van der Waals surface area contributed by atoms with Crippen molar-refractivity contribution < 1.29 is 23.9 Å². The van der Waals surface area contributed by atoms with Crippen molar-refractivity contribution in [2.75, 3.05) is 11.5 Å². The first-order valence-electron chi connectivity index (χ1n) is 9.62. The fraction of sp³-hybridized carbons (Fsp3) is 0.0833. The predicted octanol–water partition coefficient (Wildman–Crippen LogP) is 5.80. The van der Waals surface area contributed by atoms with Crippen molar-refractivity contribution in [1.82, 2.24) is 0 Å². The lowest BCUT2D eigenvalue weighted by Gasteiger charge is -2.17. The van der Waals surface area contributed by atoms with Crippen LogP contribution in [0, 0.1) is 6.92 Å². The SMILES string of the molecule is Cc1ccc(C(=O)OCC(=O)c2ccccc2Cl)cc1N1C(=O)c2cc(Cl)c(Cl)cc2C1=O.